The Morgan fingerprint density at radius 3 is 2.52 bits per heavy atom. The molecule has 0 aromatic heterocycles. The SMILES string of the molecule is CC1CC(C)CN(C(=O)C2CCC(=O)N(C)C2c2cccc(F)c2)C1. The summed E-state index contributed by atoms with van der Waals surface area (Å²) >= 11 is 0. The quantitative estimate of drug-likeness (QED) is 0.825. The third kappa shape index (κ3) is 3.70. The standard InChI is InChI=1S/C20H27FN2O2/c1-13-9-14(2)12-23(11-13)20(25)17-7-8-18(24)22(3)19(17)15-5-4-6-16(21)10-15/h4-6,10,13-14,17,19H,7-9,11-12H2,1-3H3. The van der Waals surface area contributed by atoms with Gasteiger partial charge in [-0.25, -0.2) is 4.39 Å². The van der Waals surface area contributed by atoms with Crippen LogP contribution in [0.25, 0.3) is 0 Å². The van der Waals surface area contributed by atoms with Crippen LogP contribution in [-0.4, -0.2) is 41.8 Å². The minimum absolute atomic E-state index is 0.0127. The smallest absolute Gasteiger partial charge is 0.228 e. The van der Waals surface area contributed by atoms with Crippen LogP contribution in [0.3, 0.4) is 0 Å². The molecule has 2 heterocycles. The van der Waals surface area contributed by atoms with E-state index in [1.807, 2.05) is 11.0 Å². The molecule has 4 nitrogen and oxygen atoms in total. The summed E-state index contributed by atoms with van der Waals surface area (Å²) in [6.07, 6.45) is 2.04. The van der Waals surface area contributed by atoms with Gasteiger partial charge in [0.1, 0.15) is 5.82 Å². The summed E-state index contributed by atoms with van der Waals surface area (Å²) in [5, 5.41) is 0. The van der Waals surface area contributed by atoms with Crippen LogP contribution in [0.2, 0.25) is 0 Å². The first-order valence-electron chi connectivity index (χ1n) is 9.16. The highest BCUT2D eigenvalue weighted by molar-refractivity contribution is 5.85. The van der Waals surface area contributed by atoms with Crippen molar-refractivity contribution in [3.05, 3.63) is 35.6 Å². The molecule has 3 rings (SSSR count). The topological polar surface area (TPSA) is 40.6 Å². The predicted molar refractivity (Wildman–Crippen MR) is 94.2 cm³/mol. The Morgan fingerprint density at radius 1 is 1.20 bits per heavy atom. The number of rotatable bonds is 2. The molecule has 0 N–H and O–H groups in total. The van der Waals surface area contributed by atoms with Gasteiger partial charge in [-0.1, -0.05) is 26.0 Å². The average molecular weight is 346 g/mol. The molecule has 2 fully saturated rings. The summed E-state index contributed by atoms with van der Waals surface area (Å²) in [5.74, 6) is 0.453. The fraction of sp³-hybridized carbons (Fsp3) is 0.600. The molecule has 2 saturated heterocycles. The van der Waals surface area contributed by atoms with E-state index in [1.165, 1.54) is 12.1 Å². The first-order chi connectivity index (χ1) is 11.9. The summed E-state index contributed by atoms with van der Waals surface area (Å²) in [4.78, 5) is 29.1. The van der Waals surface area contributed by atoms with Crippen molar-refractivity contribution in [2.45, 2.75) is 39.2 Å². The Kier molecular flexibility index (Phi) is 5.11. The third-order valence-corrected chi connectivity index (χ3v) is 5.55. The Bertz CT molecular complexity index is 653. The van der Waals surface area contributed by atoms with Gasteiger partial charge in [0.05, 0.1) is 12.0 Å². The molecule has 0 saturated carbocycles. The second kappa shape index (κ2) is 7.14. The molecule has 0 radical (unpaired) electrons. The van der Waals surface area contributed by atoms with Gasteiger partial charge in [-0.2, -0.15) is 0 Å². The van der Waals surface area contributed by atoms with Crippen molar-refractivity contribution in [1.29, 1.82) is 0 Å². The van der Waals surface area contributed by atoms with Crippen molar-refractivity contribution < 1.29 is 14.0 Å². The van der Waals surface area contributed by atoms with E-state index in [2.05, 4.69) is 13.8 Å². The van der Waals surface area contributed by atoms with E-state index in [0.717, 1.165) is 19.5 Å². The number of piperidine rings is 2. The van der Waals surface area contributed by atoms with Crippen molar-refractivity contribution in [3.63, 3.8) is 0 Å². The number of nitrogens with zero attached hydrogens (tertiary/aromatic N) is 2. The largest absolute Gasteiger partial charge is 0.342 e. The summed E-state index contributed by atoms with van der Waals surface area (Å²) in [5.41, 5.74) is 0.701. The molecule has 0 bridgehead atoms. The minimum atomic E-state index is -0.392. The van der Waals surface area contributed by atoms with Gasteiger partial charge < -0.3 is 9.80 Å². The molecule has 25 heavy (non-hydrogen) atoms. The Balaban J connectivity index is 1.89. The number of amides is 2. The van der Waals surface area contributed by atoms with Crippen molar-refractivity contribution in [1.82, 2.24) is 9.80 Å². The lowest BCUT2D eigenvalue weighted by atomic mass is 9.82. The van der Waals surface area contributed by atoms with Gasteiger partial charge in [-0.05, 0) is 42.4 Å². The van der Waals surface area contributed by atoms with Gasteiger partial charge in [-0.3, -0.25) is 9.59 Å². The molecule has 2 aliphatic rings. The number of hydrogen-bond acceptors (Lipinski definition) is 2. The highest BCUT2D eigenvalue weighted by Gasteiger charge is 2.41. The number of halogens is 1. The van der Waals surface area contributed by atoms with Gasteiger partial charge >= 0.3 is 0 Å². The van der Waals surface area contributed by atoms with E-state index in [4.69, 9.17) is 0 Å². The van der Waals surface area contributed by atoms with Crippen LogP contribution in [0.5, 0.6) is 0 Å². The van der Waals surface area contributed by atoms with Gasteiger partial charge in [0.25, 0.3) is 0 Å². The summed E-state index contributed by atoms with van der Waals surface area (Å²) in [6, 6.07) is 5.90. The Labute approximate surface area is 149 Å². The molecule has 0 aliphatic carbocycles. The molecular weight excluding hydrogens is 319 g/mol. The first kappa shape index (κ1) is 17.9. The lowest BCUT2D eigenvalue weighted by molar-refractivity contribution is -0.148. The molecule has 2 amide bonds. The molecule has 4 unspecified atom stereocenters. The van der Waals surface area contributed by atoms with Crippen molar-refractivity contribution in [2.75, 3.05) is 20.1 Å². The zero-order valence-corrected chi connectivity index (χ0v) is 15.2. The predicted octanol–water partition coefficient (Wildman–Crippen LogP) is 3.24. The van der Waals surface area contributed by atoms with Crippen LogP contribution in [0.4, 0.5) is 4.39 Å². The van der Waals surface area contributed by atoms with Crippen molar-refractivity contribution in [3.8, 4) is 0 Å². The lowest BCUT2D eigenvalue weighted by Gasteiger charge is -2.43. The Morgan fingerprint density at radius 2 is 1.88 bits per heavy atom. The van der Waals surface area contributed by atoms with E-state index < -0.39 is 6.04 Å². The number of likely N-dealkylation sites (tertiary alicyclic amines) is 2. The number of carbonyl (C=O) groups excluding carboxylic acids is 2. The molecular formula is C20H27FN2O2. The van der Waals surface area contributed by atoms with E-state index in [1.54, 1.807) is 18.0 Å². The second-order valence-corrected chi connectivity index (χ2v) is 7.84. The molecule has 4 atom stereocenters. The van der Waals surface area contributed by atoms with Gasteiger partial charge in [-0.15, -0.1) is 0 Å². The molecule has 136 valence electrons. The maximum Gasteiger partial charge on any atom is 0.228 e. The molecule has 2 aliphatic heterocycles. The van der Waals surface area contributed by atoms with Crippen LogP contribution < -0.4 is 0 Å². The Hall–Kier alpha value is -1.91. The third-order valence-electron chi connectivity index (χ3n) is 5.55. The average Bonchev–Trinajstić information content (AvgIpc) is 2.55. The maximum atomic E-state index is 13.7. The molecule has 0 spiro atoms. The van der Waals surface area contributed by atoms with Crippen LogP contribution in [-0.2, 0) is 9.59 Å². The summed E-state index contributed by atoms with van der Waals surface area (Å²) in [7, 11) is 1.72. The van der Waals surface area contributed by atoms with Crippen LogP contribution in [0, 0.1) is 23.6 Å². The van der Waals surface area contributed by atoms with E-state index in [-0.39, 0.29) is 23.5 Å². The van der Waals surface area contributed by atoms with Gasteiger partial charge in [0, 0.05) is 26.6 Å². The van der Waals surface area contributed by atoms with E-state index >= 15 is 0 Å². The minimum Gasteiger partial charge on any atom is -0.342 e. The van der Waals surface area contributed by atoms with Crippen LogP contribution in [0.15, 0.2) is 24.3 Å². The normalized spacial score (nSPS) is 30.5. The molecule has 1 aromatic carbocycles. The number of hydrogen-bond donors (Lipinski definition) is 0. The zero-order valence-electron chi connectivity index (χ0n) is 15.2. The fourth-order valence-corrected chi connectivity index (χ4v) is 4.52. The number of carbonyl (C=O) groups is 2. The van der Waals surface area contributed by atoms with Crippen molar-refractivity contribution in [2.24, 2.45) is 17.8 Å². The van der Waals surface area contributed by atoms with E-state index in [0.29, 0.717) is 30.2 Å². The summed E-state index contributed by atoms with van der Waals surface area (Å²) in [6.45, 7) is 5.90. The van der Waals surface area contributed by atoms with E-state index in [9.17, 15) is 14.0 Å². The second-order valence-electron chi connectivity index (χ2n) is 7.84. The maximum absolute atomic E-state index is 13.7. The van der Waals surface area contributed by atoms with Crippen LogP contribution >= 0.6 is 0 Å². The van der Waals surface area contributed by atoms with Crippen molar-refractivity contribution >= 4 is 11.8 Å². The summed E-state index contributed by atoms with van der Waals surface area (Å²) < 4.78 is 13.7. The molecule has 5 heteroatoms. The highest BCUT2D eigenvalue weighted by atomic mass is 19.1. The lowest BCUT2D eigenvalue weighted by Crippen LogP contribution is -2.50. The first-order valence-corrected chi connectivity index (χ1v) is 9.16. The number of benzene rings is 1. The molecule has 1 aromatic rings. The van der Waals surface area contributed by atoms with Gasteiger partial charge in [0.15, 0.2) is 0 Å². The zero-order chi connectivity index (χ0) is 18.1. The monoisotopic (exact) mass is 346 g/mol. The van der Waals surface area contributed by atoms with Gasteiger partial charge in [0.2, 0.25) is 11.8 Å². The highest BCUT2D eigenvalue weighted by Crippen LogP contribution is 2.38. The fourth-order valence-electron chi connectivity index (χ4n) is 4.52. The van der Waals surface area contributed by atoms with Crippen LogP contribution in [0.1, 0.15) is 44.7 Å².